The van der Waals surface area contributed by atoms with Crippen molar-refractivity contribution in [3.05, 3.63) is 35.9 Å². The van der Waals surface area contributed by atoms with Crippen molar-refractivity contribution in [2.24, 2.45) is 5.92 Å². The Kier molecular flexibility index (Phi) is 6.94. The van der Waals surface area contributed by atoms with E-state index in [9.17, 15) is 9.59 Å². The zero-order valence-electron chi connectivity index (χ0n) is 17.4. The summed E-state index contributed by atoms with van der Waals surface area (Å²) < 4.78 is 0. The van der Waals surface area contributed by atoms with Gasteiger partial charge in [-0.25, -0.2) is 4.79 Å². The molecule has 0 bridgehead atoms. The number of nitrogens with one attached hydrogen (secondary N) is 1. The van der Waals surface area contributed by atoms with Crippen LogP contribution in [0.1, 0.15) is 38.7 Å². The molecule has 0 aromatic heterocycles. The molecule has 6 heteroatoms. The predicted molar refractivity (Wildman–Crippen MR) is 111 cm³/mol. The zero-order valence-corrected chi connectivity index (χ0v) is 17.4. The van der Waals surface area contributed by atoms with Crippen LogP contribution in [0.15, 0.2) is 30.3 Å². The number of carbonyl (C=O) groups is 2. The standard InChI is InChI=1S/C22H34N4O2/c1-17(2)26-16-19(13-21(26)27)14-23-22(28)25-11-9-20(10-12-25)24(3)15-18-7-5-4-6-8-18/h4-8,17,19-20H,9-16H2,1-3H3,(H,23,28)/t19-/m1/s1. The van der Waals surface area contributed by atoms with Gasteiger partial charge < -0.3 is 15.1 Å². The summed E-state index contributed by atoms with van der Waals surface area (Å²) in [5, 5.41) is 3.05. The van der Waals surface area contributed by atoms with E-state index < -0.39 is 0 Å². The van der Waals surface area contributed by atoms with Gasteiger partial charge in [0.05, 0.1) is 0 Å². The normalized spacial score (nSPS) is 21.0. The van der Waals surface area contributed by atoms with Crippen LogP contribution in [0.25, 0.3) is 0 Å². The van der Waals surface area contributed by atoms with E-state index in [1.54, 1.807) is 0 Å². The van der Waals surface area contributed by atoms with Crippen molar-refractivity contribution in [1.29, 1.82) is 0 Å². The number of hydrogen-bond acceptors (Lipinski definition) is 3. The highest BCUT2D eigenvalue weighted by Gasteiger charge is 2.32. The molecule has 0 unspecified atom stereocenters. The van der Waals surface area contributed by atoms with Crippen LogP contribution in [0.2, 0.25) is 0 Å². The number of benzene rings is 1. The molecule has 3 rings (SSSR count). The van der Waals surface area contributed by atoms with Gasteiger partial charge in [-0.1, -0.05) is 30.3 Å². The molecule has 154 valence electrons. The number of amides is 3. The summed E-state index contributed by atoms with van der Waals surface area (Å²) in [5.41, 5.74) is 1.33. The second-order valence-electron chi connectivity index (χ2n) is 8.51. The minimum absolute atomic E-state index is 0.0135. The first-order valence-corrected chi connectivity index (χ1v) is 10.5. The lowest BCUT2D eigenvalue weighted by atomic mass is 10.0. The quantitative estimate of drug-likeness (QED) is 0.817. The van der Waals surface area contributed by atoms with Crippen LogP contribution in [0, 0.1) is 5.92 Å². The number of piperidine rings is 1. The number of carbonyl (C=O) groups excluding carboxylic acids is 2. The second kappa shape index (κ2) is 9.41. The summed E-state index contributed by atoms with van der Waals surface area (Å²) in [5.74, 6) is 0.435. The zero-order chi connectivity index (χ0) is 20.1. The molecular weight excluding hydrogens is 352 g/mol. The Hall–Kier alpha value is -2.08. The molecule has 0 radical (unpaired) electrons. The summed E-state index contributed by atoms with van der Waals surface area (Å²) in [7, 11) is 2.17. The van der Waals surface area contributed by atoms with Gasteiger partial charge >= 0.3 is 6.03 Å². The Morgan fingerprint density at radius 1 is 1.21 bits per heavy atom. The number of nitrogens with zero attached hydrogens (tertiary/aromatic N) is 3. The van der Waals surface area contributed by atoms with Crippen molar-refractivity contribution in [1.82, 2.24) is 20.0 Å². The Balaban J connectivity index is 1.38. The Bertz CT molecular complexity index is 656. The molecule has 2 fully saturated rings. The molecule has 2 saturated heterocycles. The summed E-state index contributed by atoms with van der Waals surface area (Å²) in [6, 6.07) is 11.3. The summed E-state index contributed by atoms with van der Waals surface area (Å²) in [6.07, 6.45) is 2.55. The fourth-order valence-corrected chi connectivity index (χ4v) is 4.30. The Morgan fingerprint density at radius 2 is 1.89 bits per heavy atom. The molecule has 1 aromatic carbocycles. The first-order valence-electron chi connectivity index (χ1n) is 10.5. The fourth-order valence-electron chi connectivity index (χ4n) is 4.30. The molecule has 28 heavy (non-hydrogen) atoms. The Morgan fingerprint density at radius 3 is 2.50 bits per heavy atom. The summed E-state index contributed by atoms with van der Waals surface area (Å²) >= 11 is 0. The monoisotopic (exact) mass is 386 g/mol. The van der Waals surface area contributed by atoms with Gasteiger partial charge in [0.2, 0.25) is 5.91 Å². The van der Waals surface area contributed by atoms with Crippen molar-refractivity contribution in [3.8, 4) is 0 Å². The number of hydrogen-bond donors (Lipinski definition) is 1. The van der Waals surface area contributed by atoms with E-state index in [-0.39, 0.29) is 23.9 Å². The van der Waals surface area contributed by atoms with E-state index in [0.29, 0.717) is 19.0 Å². The van der Waals surface area contributed by atoms with Crippen molar-refractivity contribution >= 4 is 11.9 Å². The molecule has 2 aliphatic rings. The molecule has 6 nitrogen and oxygen atoms in total. The number of likely N-dealkylation sites (tertiary alicyclic amines) is 2. The van der Waals surface area contributed by atoms with E-state index in [1.807, 2.05) is 29.7 Å². The maximum Gasteiger partial charge on any atom is 0.317 e. The fraction of sp³-hybridized carbons (Fsp3) is 0.636. The molecule has 1 atom stereocenters. The topological polar surface area (TPSA) is 55.9 Å². The molecule has 2 aliphatic heterocycles. The van der Waals surface area contributed by atoms with Crippen LogP contribution in [-0.4, -0.2) is 71.9 Å². The van der Waals surface area contributed by atoms with Gasteiger partial charge in [-0.3, -0.25) is 9.69 Å². The molecule has 3 amide bonds. The van der Waals surface area contributed by atoms with Crippen LogP contribution >= 0.6 is 0 Å². The molecule has 1 N–H and O–H groups in total. The molecule has 1 aromatic rings. The first kappa shape index (κ1) is 20.6. The summed E-state index contributed by atoms with van der Waals surface area (Å²) in [6.45, 7) is 7.94. The van der Waals surface area contributed by atoms with Gasteiger partial charge in [0.1, 0.15) is 0 Å². The molecule has 2 heterocycles. The van der Waals surface area contributed by atoms with Crippen molar-refractivity contribution in [2.75, 3.05) is 33.2 Å². The number of rotatable bonds is 6. The van der Waals surface area contributed by atoms with E-state index in [1.165, 1.54) is 5.56 Å². The Labute approximate surface area is 168 Å². The van der Waals surface area contributed by atoms with Gasteiger partial charge in [-0.15, -0.1) is 0 Å². The van der Waals surface area contributed by atoms with Gasteiger partial charge in [0.25, 0.3) is 0 Å². The van der Waals surface area contributed by atoms with Gasteiger partial charge in [0.15, 0.2) is 0 Å². The highest BCUT2D eigenvalue weighted by atomic mass is 16.2. The maximum absolute atomic E-state index is 12.5. The molecule has 0 aliphatic carbocycles. The predicted octanol–water partition coefficient (Wildman–Crippen LogP) is 2.55. The van der Waals surface area contributed by atoms with Crippen molar-refractivity contribution < 1.29 is 9.59 Å². The van der Waals surface area contributed by atoms with Gasteiger partial charge in [0, 0.05) is 57.1 Å². The highest BCUT2D eigenvalue weighted by molar-refractivity contribution is 5.79. The maximum atomic E-state index is 12.5. The van der Waals surface area contributed by atoms with E-state index in [4.69, 9.17) is 0 Å². The first-order chi connectivity index (χ1) is 13.4. The molecule has 0 saturated carbocycles. The van der Waals surface area contributed by atoms with Crippen molar-refractivity contribution in [2.45, 2.75) is 51.7 Å². The molecule has 0 spiro atoms. The van der Waals surface area contributed by atoms with E-state index in [0.717, 1.165) is 39.0 Å². The highest BCUT2D eigenvalue weighted by Crippen LogP contribution is 2.20. The average Bonchev–Trinajstić information content (AvgIpc) is 3.08. The van der Waals surface area contributed by atoms with Gasteiger partial charge in [-0.05, 0) is 39.3 Å². The van der Waals surface area contributed by atoms with Crippen LogP contribution in [0.4, 0.5) is 4.79 Å². The summed E-state index contributed by atoms with van der Waals surface area (Å²) in [4.78, 5) is 30.7. The third-order valence-electron chi connectivity index (χ3n) is 6.05. The minimum Gasteiger partial charge on any atom is -0.340 e. The van der Waals surface area contributed by atoms with Crippen molar-refractivity contribution in [3.63, 3.8) is 0 Å². The largest absolute Gasteiger partial charge is 0.340 e. The van der Waals surface area contributed by atoms with Crippen LogP contribution < -0.4 is 5.32 Å². The van der Waals surface area contributed by atoms with Crippen LogP contribution in [0.3, 0.4) is 0 Å². The molecular formula is C22H34N4O2. The lowest BCUT2D eigenvalue weighted by molar-refractivity contribution is -0.129. The second-order valence-corrected chi connectivity index (χ2v) is 8.51. The smallest absolute Gasteiger partial charge is 0.317 e. The third kappa shape index (κ3) is 5.25. The third-order valence-corrected chi connectivity index (χ3v) is 6.05. The van der Waals surface area contributed by atoms with Crippen LogP contribution in [-0.2, 0) is 11.3 Å². The van der Waals surface area contributed by atoms with Gasteiger partial charge in [-0.2, -0.15) is 0 Å². The SMILES string of the molecule is CC(C)N1C[C@@H](CNC(=O)N2CCC(N(C)Cc3ccccc3)CC2)CC1=O. The van der Waals surface area contributed by atoms with E-state index in [2.05, 4.69) is 41.5 Å². The lowest BCUT2D eigenvalue weighted by Crippen LogP contribution is -2.49. The number of urea groups is 1. The van der Waals surface area contributed by atoms with Crippen LogP contribution in [0.5, 0.6) is 0 Å². The lowest BCUT2D eigenvalue weighted by Gasteiger charge is -2.37. The average molecular weight is 387 g/mol. The van der Waals surface area contributed by atoms with E-state index >= 15 is 0 Å². The minimum atomic E-state index is 0.0135.